The molecular weight excluding hydrogens is 372 g/mol. The molecule has 1 saturated carbocycles. The molecule has 0 atom stereocenters. The maximum absolute atomic E-state index is 12.6. The van der Waals surface area contributed by atoms with E-state index in [1.807, 2.05) is 33.2 Å². The average Bonchev–Trinajstić information content (AvgIpc) is 3.05. The van der Waals surface area contributed by atoms with E-state index < -0.39 is 19.0 Å². The van der Waals surface area contributed by atoms with Crippen molar-refractivity contribution in [3.63, 3.8) is 0 Å². The van der Waals surface area contributed by atoms with E-state index >= 15 is 0 Å². The van der Waals surface area contributed by atoms with Gasteiger partial charge in [-0.05, 0) is 70.8 Å². The lowest BCUT2D eigenvalue weighted by Crippen LogP contribution is -2.23. The summed E-state index contributed by atoms with van der Waals surface area (Å²) in [6.07, 6.45) is 6.17. The van der Waals surface area contributed by atoms with Crippen molar-refractivity contribution in [3.8, 4) is 0 Å². The van der Waals surface area contributed by atoms with E-state index in [4.69, 9.17) is 14.2 Å². The number of ether oxygens (including phenoxy) is 3. The van der Waals surface area contributed by atoms with E-state index in [0.29, 0.717) is 0 Å². The van der Waals surface area contributed by atoms with Crippen LogP contribution >= 0.6 is 0 Å². The highest BCUT2D eigenvalue weighted by molar-refractivity contribution is 5.92. The SMILES string of the molecule is Cc1ccc2c(c1)c(CCN(C)C)cn2C(=O)OCOC(=O)OC1CCCCC1. The van der Waals surface area contributed by atoms with Crippen LogP contribution < -0.4 is 0 Å². The average molecular weight is 402 g/mol. The summed E-state index contributed by atoms with van der Waals surface area (Å²) in [5, 5.41) is 1.03. The van der Waals surface area contributed by atoms with Crippen molar-refractivity contribution >= 4 is 23.2 Å². The summed E-state index contributed by atoms with van der Waals surface area (Å²) in [5.74, 6) is 0. The number of hydrogen-bond acceptors (Lipinski definition) is 6. The van der Waals surface area contributed by atoms with Crippen molar-refractivity contribution in [2.24, 2.45) is 0 Å². The van der Waals surface area contributed by atoms with Crippen LogP contribution in [0, 0.1) is 6.92 Å². The van der Waals surface area contributed by atoms with Gasteiger partial charge in [0.1, 0.15) is 6.10 Å². The molecule has 1 aromatic heterocycles. The predicted molar refractivity (Wildman–Crippen MR) is 110 cm³/mol. The number of benzene rings is 1. The summed E-state index contributed by atoms with van der Waals surface area (Å²) in [5.41, 5.74) is 2.98. The molecular formula is C22H30N2O5. The van der Waals surface area contributed by atoms with Crippen molar-refractivity contribution < 1.29 is 23.8 Å². The second-order valence-electron chi connectivity index (χ2n) is 7.90. The van der Waals surface area contributed by atoms with E-state index in [1.54, 1.807) is 6.20 Å². The number of hydrogen-bond donors (Lipinski definition) is 0. The van der Waals surface area contributed by atoms with Gasteiger partial charge in [-0.1, -0.05) is 18.1 Å². The molecule has 7 nitrogen and oxygen atoms in total. The first-order chi connectivity index (χ1) is 13.9. The zero-order chi connectivity index (χ0) is 20.8. The van der Waals surface area contributed by atoms with Crippen LogP contribution in [0.15, 0.2) is 24.4 Å². The van der Waals surface area contributed by atoms with Gasteiger partial charge in [0.05, 0.1) is 5.52 Å². The molecule has 1 fully saturated rings. The van der Waals surface area contributed by atoms with Crippen LogP contribution in [0.5, 0.6) is 0 Å². The fourth-order valence-electron chi connectivity index (χ4n) is 3.66. The van der Waals surface area contributed by atoms with Crippen molar-refractivity contribution in [1.82, 2.24) is 9.47 Å². The number of carbonyl (C=O) groups excluding carboxylic acids is 2. The molecule has 2 aromatic rings. The highest BCUT2D eigenvalue weighted by Crippen LogP contribution is 2.24. The van der Waals surface area contributed by atoms with Crippen LogP contribution in [-0.4, -0.2) is 55.3 Å². The first-order valence-corrected chi connectivity index (χ1v) is 10.2. The number of rotatable bonds is 6. The van der Waals surface area contributed by atoms with Gasteiger partial charge in [-0.15, -0.1) is 0 Å². The van der Waals surface area contributed by atoms with Gasteiger partial charge in [0.15, 0.2) is 0 Å². The highest BCUT2D eigenvalue weighted by Gasteiger charge is 2.20. The molecule has 0 bridgehead atoms. The molecule has 0 radical (unpaired) electrons. The third-order valence-corrected chi connectivity index (χ3v) is 5.24. The smallest absolute Gasteiger partial charge is 0.431 e. The zero-order valence-corrected chi connectivity index (χ0v) is 17.5. The molecule has 1 aromatic carbocycles. The Kier molecular flexibility index (Phi) is 7.14. The minimum atomic E-state index is -0.788. The number of fused-ring (bicyclic) bond motifs is 1. The van der Waals surface area contributed by atoms with Gasteiger partial charge in [-0.2, -0.15) is 0 Å². The van der Waals surface area contributed by atoms with Crippen LogP contribution in [0.3, 0.4) is 0 Å². The normalized spacial score (nSPS) is 14.9. The summed E-state index contributed by atoms with van der Waals surface area (Å²) < 4.78 is 16.8. The largest absolute Gasteiger partial charge is 0.511 e. The molecule has 29 heavy (non-hydrogen) atoms. The topological polar surface area (TPSA) is 70.0 Å². The van der Waals surface area contributed by atoms with Gasteiger partial charge in [0.25, 0.3) is 0 Å². The fourth-order valence-corrected chi connectivity index (χ4v) is 3.66. The number of aromatic nitrogens is 1. The Labute approximate surface area is 171 Å². The fraction of sp³-hybridized carbons (Fsp3) is 0.545. The van der Waals surface area contributed by atoms with E-state index in [9.17, 15) is 9.59 Å². The second kappa shape index (κ2) is 9.78. The number of likely N-dealkylation sites (N-methyl/N-ethyl adjacent to an activating group) is 1. The van der Waals surface area contributed by atoms with Crippen molar-refractivity contribution in [2.75, 3.05) is 27.4 Å². The molecule has 7 heteroatoms. The minimum absolute atomic E-state index is 0.0946. The van der Waals surface area contributed by atoms with Crippen molar-refractivity contribution in [1.29, 1.82) is 0 Å². The lowest BCUT2D eigenvalue weighted by Gasteiger charge is -2.21. The Morgan fingerprint density at radius 1 is 1.14 bits per heavy atom. The van der Waals surface area contributed by atoms with Crippen LogP contribution in [0.1, 0.15) is 43.2 Å². The van der Waals surface area contributed by atoms with E-state index in [-0.39, 0.29) is 6.10 Å². The molecule has 0 amide bonds. The van der Waals surface area contributed by atoms with Gasteiger partial charge in [0.2, 0.25) is 6.79 Å². The third kappa shape index (κ3) is 5.73. The van der Waals surface area contributed by atoms with Crippen LogP contribution in [0.2, 0.25) is 0 Å². The Morgan fingerprint density at radius 3 is 2.62 bits per heavy atom. The Hall–Kier alpha value is -2.54. The lowest BCUT2D eigenvalue weighted by molar-refractivity contribution is -0.0350. The number of nitrogens with zero attached hydrogens (tertiary/aromatic N) is 2. The van der Waals surface area contributed by atoms with Crippen LogP contribution in [0.25, 0.3) is 10.9 Å². The molecule has 1 aliphatic rings. The molecule has 0 N–H and O–H groups in total. The molecule has 1 aliphatic carbocycles. The Morgan fingerprint density at radius 2 is 1.90 bits per heavy atom. The summed E-state index contributed by atoms with van der Waals surface area (Å²) in [6.45, 7) is 2.43. The Bertz CT molecular complexity index is 852. The minimum Gasteiger partial charge on any atom is -0.431 e. The molecule has 0 saturated heterocycles. The summed E-state index contributed by atoms with van der Waals surface area (Å²) in [7, 11) is 4.03. The monoisotopic (exact) mass is 402 g/mol. The summed E-state index contributed by atoms with van der Waals surface area (Å²) in [4.78, 5) is 26.5. The van der Waals surface area contributed by atoms with Gasteiger partial charge >= 0.3 is 12.2 Å². The molecule has 0 unspecified atom stereocenters. The van der Waals surface area contributed by atoms with Crippen LogP contribution in [-0.2, 0) is 20.6 Å². The highest BCUT2D eigenvalue weighted by atomic mass is 16.8. The number of aryl methyl sites for hydroxylation is 1. The quantitative estimate of drug-likeness (QED) is 0.524. The zero-order valence-electron chi connectivity index (χ0n) is 17.5. The van der Waals surface area contributed by atoms with Gasteiger partial charge < -0.3 is 19.1 Å². The molecule has 0 spiro atoms. The Balaban J connectivity index is 1.60. The predicted octanol–water partition coefficient (Wildman–Crippen LogP) is 4.48. The van der Waals surface area contributed by atoms with Crippen molar-refractivity contribution in [2.45, 2.75) is 51.6 Å². The van der Waals surface area contributed by atoms with Gasteiger partial charge in [-0.25, -0.2) is 9.59 Å². The first-order valence-electron chi connectivity index (χ1n) is 10.2. The standard InChI is InChI=1S/C22H30N2O5/c1-16-9-10-20-19(13-16)17(11-12-23(2)3)14-24(20)21(25)27-15-28-22(26)29-18-7-5-4-6-8-18/h9-10,13-14,18H,4-8,11-12,15H2,1-3H3. The van der Waals surface area contributed by atoms with E-state index in [0.717, 1.165) is 60.7 Å². The maximum Gasteiger partial charge on any atom is 0.511 e. The van der Waals surface area contributed by atoms with Gasteiger partial charge in [-0.3, -0.25) is 4.57 Å². The molecule has 3 rings (SSSR count). The summed E-state index contributed by atoms with van der Waals surface area (Å²) >= 11 is 0. The van der Waals surface area contributed by atoms with Gasteiger partial charge in [0, 0.05) is 18.1 Å². The number of carbonyl (C=O) groups is 2. The first kappa shape index (κ1) is 21.2. The van der Waals surface area contributed by atoms with E-state index in [2.05, 4.69) is 11.0 Å². The van der Waals surface area contributed by atoms with Crippen LogP contribution in [0.4, 0.5) is 9.59 Å². The summed E-state index contributed by atoms with van der Waals surface area (Å²) in [6, 6.07) is 5.94. The maximum atomic E-state index is 12.6. The van der Waals surface area contributed by atoms with E-state index in [1.165, 1.54) is 11.0 Å². The molecule has 158 valence electrons. The molecule has 0 aliphatic heterocycles. The molecule has 1 heterocycles. The lowest BCUT2D eigenvalue weighted by atomic mass is 9.98. The van der Waals surface area contributed by atoms with Crippen molar-refractivity contribution in [3.05, 3.63) is 35.5 Å². The second-order valence-corrected chi connectivity index (χ2v) is 7.90. The third-order valence-electron chi connectivity index (χ3n) is 5.24.